The minimum atomic E-state index is -3.55. The molecule has 3 rings (SSSR count). The standard InChI is InChI=1S/C16H22N2O4S/c1-15(2)9-14(16(3,4)22-15)18-23(19,20)10-12-11-7-5-6-8-13(11)21-17-12/h5-8,14,18H,9-10H2,1-4H3/t14-/m1/s1. The molecule has 0 aliphatic carbocycles. The van der Waals surface area contributed by atoms with Crippen LogP contribution in [0.25, 0.3) is 11.0 Å². The summed E-state index contributed by atoms with van der Waals surface area (Å²) < 4.78 is 39.0. The maximum absolute atomic E-state index is 12.5. The van der Waals surface area contributed by atoms with Crippen LogP contribution in [0.1, 0.15) is 39.8 Å². The van der Waals surface area contributed by atoms with E-state index in [1.165, 1.54) is 0 Å². The Morgan fingerprint density at radius 2 is 1.96 bits per heavy atom. The van der Waals surface area contributed by atoms with Crippen molar-refractivity contribution in [2.24, 2.45) is 0 Å². The molecule has 1 atom stereocenters. The van der Waals surface area contributed by atoms with E-state index in [4.69, 9.17) is 9.26 Å². The molecule has 1 aromatic heterocycles. The monoisotopic (exact) mass is 338 g/mol. The van der Waals surface area contributed by atoms with Crippen LogP contribution >= 0.6 is 0 Å². The number of sulfonamides is 1. The first-order valence-corrected chi connectivity index (χ1v) is 9.27. The number of nitrogens with one attached hydrogen (secondary N) is 1. The van der Waals surface area contributed by atoms with Gasteiger partial charge in [-0.05, 0) is 46.2 Å². The van der Waals surface area contributed by atoms with Gasteiger partial charge in [-0.3, -0.25) is 0 Å². The summed E-state index contributed by atoms with van der Waals surface area (Å²) in [6, 6.07) is 6.95. The highest BCUT2D eigenvalue weighted by Gasteiger charge is 2.47. The summed E-state index contributed by atoms with van der Waals surface area (Å²) in [5.74, 6) is -0.211. The molecule has 126 valence electrons. The molecule has 6 nitrogen and oxygen atoms in total. The Kier molecular flexibility index (Phi) is 3.78. The molecule has 0 bridgehead atoms. The van der Waals surface area contributed by atoms with Gasteiger partial charge in [-0.15, -0.1) is 0 Å². The predicted molar refractivity (Wildman–Crippen MR) is 87.4 cm³/mol. The Morgan fingerprint density at radius 1 is 1.26 bits per heavy atom. The zero-order chi connectivity index (χ0) is 16.9. The zero-order valence-corrected chi connectivity index (χ0v) is 14.6. The van der Waals surface area contributed by atoms with Gasteiger partial charge in [-0.25, -0.2) is 13.1 Å². The van der Waals surface area contributed by atoms with Crippen molar-refractivity contribution in [1.82, 2.24) is 9.88 Å². The van der Waals surface area contributed by atoms with E-state index < -0.39 is 15.6 Å². The van der Waals surface area contributed by atoms with Crippen molar-refractivity contribution in [1.29, 1.82) is 0 Å². The molecule has 0 radical (unpaired) electrons. The molecule has 0 amide bonds. The van der Waals surface area contributed by atoms with Crippen LogP contribution in [-0.2, 0) is 20.5 Å². The lowest BCUT2D eigenvalue weighted by molar-refractivity contribution is -0.0684. The Bertz CT molecular complexity index is 823. The lowest BCUT2D eigenvalue weighted by atomic mass is 9.96. The Morgan fingerprint density at radius 3 is 2.61 bits per heavy atom. The molecule has 23 heavy (non-hydrogen) atoms. The zero-order valence-electron chi connectivity index (χ0n) is 13.8. The third-order valence-electron chi connectivity index (χ3n) is 4.17. The summed E-state index contributed by atoms with van der Waals surface area (Å²) in [4.78, 5) is 0. The average Bonchev–Trinajstić information content (AvgIpc) is 2.87. The second-order valence-corrected chi connectivity index (χ2v) is 8.98. The quantitative estimate of drug-likeness (QED) is 0.926. The van der Waals surface area contributed by atoms with Gasteiger partial charge in [0, 0.05) is 5.39 Å². The molecule has 2 aromatic rings. The minimum absolute atomic E-state index is 0.211. The molecule has 2 heterocycles. The van der Waals surface area contributed by atoms with Crippen LogP contribution in [0.5, 0.6) is 0 Å². The van der Waals surface area contributed by atoms with E-state index in [1.807, 2.05) is 45.9 Å². The van der Waals surface area contributed by atoms with Gasteiger partial charge < -0.3 is 9.26 Å². The van der Waals surface area contributed by atoms with E-state index in [1.54, 1.807) is 6.07 Å². The van der Waals surface area contributed by atoms with Gasteiger partial charge in [0.15, 0.2) is 5.58 Å². The molecule has 1 saturated heterocycles. The van der Waals surface area contributed by atoms with Gasteiger partial charge in [0.2, 0.25) is 10.0 Å². The highest BCUT2D eigenvalue weighted by molar-refractivity contribution is 7.88. The molecule has 0 saturated carbocycles. The maximum atomic E-state index is 12.5. The maximum Gasteiger partial charge on any atom is 0.217 e. The fraction of sp³-hybridized carbons (Fsp3) is 0.562. The van der Waals surface area contributed by atoms with Crippen LogP contribution < -0.4 is 4.72 Å². The number of hydrogen-bond donors (Lipinski definition) is 1. The van der Waals surface area contributed by atoms with E-state index >= 15 is 0 Å². The van der Waals surface area contributed by atoms with E-state index in [2.05, 4.69) is 9.88 Å². The smallest absolute Gasteiger partial charge is 0.217 e. The Balaban J connectivity index is 1.80. The third kappa shape index (κ3) is 3.41. The fourth-order valence-corrected chi connectivity index (χ4v) is 4.68. The number of nitrogens with zero attached hydrogens (tertiary/aromatic N) is 1. The van der Waals surface area contributed by atoms with Crippen molar-refractivity contribution < 1.29 is 17.7 Å². The fourth-order valence-electron chi connectivity index (χ4n) is 3.23. The number of aromatic nitrogens is 1. The molecule has 1 fully saturated rings. The van der Waals surface area contributed by atoms with Gasteiger partial charge in [0.1, 0.15) is 11.4 Å². The Hall–Kier alpha value is -1.44. The molecule has 1 aliphatic heterocycles. The summed E-state index contributed by atoms with van der Waals surface area (Å²) >= 11 is 0. The normalized spacial score (nSPS) is 23.4. The Labute approximate surface area is 136 Å². The minimum Gasteiger partial charge on any atom is -0.368 e. The summed E-state index contributed by atoms with van der Waals surface area (Å²) in [6.45, 7) is 7.74. The number of fused-ring (bicyclic) bond motifs is 1. The van der Waals surface area contributed by atoms with E-state index in [0.29, 0.717) is 17.7 Å². The highest BCUT2D eigenvalue weighted by atomic mass is 32.2. The van der Waals surface area contributed by atoms with Crippen molar-refractivity contribution in [3.8, 4) is 0 Å². The van der Waals surface area contributed by atoms with Crippen LogP contribution in [0, 0.1) is 0 Å². The van der Waals surface area contributed by atoms with Gasteiger partial charge in [-0.2, -0.15) is 0 Å². The first-order chi connectivity index (χ1) is 10.6. The largest absolute Gasteiger partial charge is 0.368 e. The number of hydrogen-bond acceptors (Lipinski definition) is 5. The van der Waals surface area contributed by atoms with Crippen molar-refractivity contribution >= 4 is 21.0 Å². The van der Waals surface area contributed by atoms with Crippen molar-refractivity contribution in [3.63, 3.8) is 0 Å². The van der Waals surface area contributed by atoms with E-state index in [-0.39, 0.29) is 17.4 Å². The topological polar surface area (TPSA) is 81.4 Å². The molecule has 1 N–H and O–H groups in total. The molecule has 7 heteroatoms. The van der Waals surface area contributed by atoms with Crippen LogP contribution in [0.15, 0.2) is 28.8 Å². The SMILES string of the molecule is CC1(C)C[C@@H](NS(=O)(=O)Cc2noc3ccccc23)C(C)(C)O1. The van der Waals surface area contributed by atoms with Crippen LogP contribution in [0.2, 0.25) is 0 Å². The number of rotatable bonds is 4. The predicted octanol–water partition coefficient (Wildman–Crippen LogP) is 2.59. The lowest BCUT2D eigenvalue weighted by Gasteiger charge is -2.27. The molecule has 0 spiro atoms. The summed E-state index contributed by atoms with van der Waals surface area (Å²) in [6.07, 6.45) is 0.624. The number of benzene rings is 1. The van der Waals surface area contributed by atoms with Gasteiger partial charge in [-0.1, -0.05) is 17.3 Å². The van der Waals surface area contributed by atoms with Crippen LogP contribution in [-0.4, -0.2) is 30.8 Å². The van der Waals surface area contributed by atoms with Crippen molar-refractivity contribution in [2.75, 3.05) is 0 Å². The van der Waals surface area contributed by atoms with E-state index in [9.17, 15) is 8.42 Å². The van der Waals surface area contributed by atoms with Crippen LogP contribution in [0.3, 0.4) is 0 Å². The first-order valence-electron chi connectivity index (χ1n) is 7.61. The first kappa shape index (κ1) is 16.4. The molecule has 0 unspecified atom stereocenters. The average molecular weight is 338 g/mol. The van der Waals surface area contributed by atoms with Gasteiger partial charge in [0.05, 0.1) is 17.2 Å². The lowest BCUT2D eigenvalue weighted by Crippen LogP contribution is -2.46. The van der Waals surface area contributed by atoms with Crippen molar-refractivity contribution in [3.05, 3.63) is 30.0 Å². The number of ether oxygens (including phenoxy) is 1. The summed E-state index contributed by atoms with van der Waals surface area (Å²) in [5, 5.41) is 4.62. The van der Waals surface area contributed by atoms with Gasteiger partial charge >= 0.3 is 0 Å². The second kappa shape index (κ2) is 5.29. The highest BCUT2D eigenvalue weighted by Crippen LogP contribution is 2.37. The third-order valence-corrected chi connectivity index (χ3v) is 5.47. The molecule has 1 aromatic carbocycles. The number of para-hydroxylation sites is 1. The van der Waals surface area contributed by atoms with Crippen molar-refractivity contribution in [2.45, 2.75) is 57.1 Å². The molecular weight excluding hydrogens is 316 g/mol. The van der Waals surface area contributed by atoms with Crippen LogP contribution in [0.4, 0.5) is 0 Å². The molecular formula is C16H22N2O4S. The summed E-state index contributed by atoms with van der Waals surface area (Å²) in [5.41, 5.74) is 0.104. The van der Waals surface area contributed by atoms with Gasteiger partial charge in [0.25, 0.3) is 0 Å². The summed E-state index contributed by atoms with van der Waals surface area (Å²) in [7, 11) is -3.55. The second-order valence-electron chi connectivity index (χ2n) is 7.22. The molecule has 1 aliphatic rings. The van der Waals surface area contributed by atoms with E-state index in [0.717, 1.165) is 5.39 Å².